The Labute approximate surface area is 138 Å². The lowest BCUT2D eigenvalue weighted by atomic mass is 10.3. The summed E-state index contributed by atoms with van der Waals surface area (Å²) >= 11 is 0. The van der Waals surface area contributed by atoms with Crippen molar-refractivity contribution in [1.82, 2.24) is 20.0 Å². The van der Waals surface area contributed by atoms with Gasteiger partial charge in [-0.3, -0.25) is 4.79 Å². The fraction of sp³-hybridized carbons (Fsp3) is 0.400. The van der Waals surface area contributed by atoms with E-state index >= 15 is 0 Å². The molecule has 0 aromatic carbocycles. The van der Waals surface area contributed by atoms with Gasteiger partial charge in [0.2, 0.25) is 11.7 Å². The summed E-state index contributed by atoms with van der Waals surface area (Å²) in [5, 5.41) is 3.60. The summed E-state index contributed by atoms with van der Waals surface area (Å²) in [6, 6.07) is 3.22. The molecule has 0 aliphatic carbocycles. The van der Waals surface area contributed by atoms with E-state index in [0.29, 0.717) is 37.8 Å². The van der Waals surface area contributed by atoms with Crippen LogP contribution in [0.1, 0.15) is 16.2 Å². The lowest BCUT2D eigenvalue weighted by Gasteiger charge is -2.34. The fourth-order valence-electron chi connectivity index (χ4n) is 2.36. The zero-order chi connectivity index (χ0) is 16.9. The lowest BCUT2D eigenvalue weighted by molar-refractivity contribution is -0.134. The molecule has 3 heterocycles. The number of aromatic nitrogens is 3. The second-order valence-corrected chi connectivity index (χ2v) is 5.33. The van der Waals surface area contributed by atoms with E-state index in [2.05, 4.69) is 15.1 Å². The van der Waals surface area contributed by atoms with Gasteiger partial charge < -0.3 is 19.1 Å². The van der Waals surface area contributed by atoms with Crippen LogP contribution in [0.15, 0.2) is 29.0 Å². The van der Waals surface area contributed by atoms with Gasteiger partial charge in [-0.05, 0) is 13.0 Å². The number of ether oxygens (including phenoxy) is 1. The Morgan fingerprint density at radius 3 is 2.54 bits per heavy atom. The molecule has 126 valence electrons. The van der Waals surface area contributed by atoms with E-state index in [9.17, 15) is 9.59 Å². The van der Waals surface area contributed by atoms with E-state index in [1.54, 1.807) is 30.3 Å². The lowest BCUT2D eigenvalue weighted by Crippen LogP contribution is -2.50. The van der Waals surface area contributed by atoms with Crippen LogP contribution in [0.4, 0.5) is 5.95 Å². The smallest absolute Gasteiger partial charge is 0.377 e. The molecule has 0 N–H and O–H groups in total. The summed E-state index contributed by atoms with van der Waals surface area (Å²) in [5.41, 5.74) is 0.576. The van der Waals surface area contributed by atoms with Crippen molar-refractivity contribution >= 4 is 17.8 Å². The average molecular weight is 331 g/mol. The van der Waals surface area contributed by atoms with Crippen LogP contribution >= 0.6 is 0 Å². The number of hydrogen-bond acceptors (Lipinski definition) is 8. The van der Waals surface area contributed by atoms with Crippen LogP contribution in [0.2, 0.25) is 0 Å². The predicted molar refractivity (Wildman–Crippen MR) is 82.3 cm³/mol. The van der Waals surface area contributed by atoms with Gasteiger partial charge in [0.1, 0.15) is 0 Å². The molecule has 9 nitrogen and oxygen atoms in total. The summed E-state index contributed by atoms with van der Waals surface area (Å²) < 4.78 is 9.76. The third kappa shape index (κ3) is 3.67. The van der Waals surface area contributed by atoms with Crippen LogP contribution in [0.25, 0.3) is 0 Å². The molecule has 1 fully saturated rings. The normalized spacial score (nSPS) is 14.5. The molecule has 1 amide bonds. The number of amides is 1. The van der Waals surface area contributed by atoms with Gasteiger partial charge in [0.15, 0.2) is 6.61 Å². The van der Waals surface area contributed by atoms with Gasteiger partial charge in [0.05, 0.1) is 5.69 Å². The molecule has 0 atom stereocenters. The van der Waals surface area contributed by atoms with Crippen LogP contribution in [-0.4, -0.2) is 64.7 Å². The Bertz CT molecular complexity index is 710. The average Bonchev–Trinajstić information content (AvgIpc) is 3.07. The highest BCUT2D eigenvalue weighted by molar-refractivity contribution is 5.88. The zero-order valence-electron chi connectivity index (χ0n) is 13.2. The van der Waals surface area contributed by atoms with Crippen LogP contribution < -0.4 is 4.90 Å². The molecule has 1 aliphatic rings. The van der Waals surface area contributed by atoms with Gasteiger partial charge in [-0.25, -0.2) is 14.8 Å². The van der Waals surface area contributed by atoms with Crippen molar-refractivity contribution < 1.29 is 18.8 Å². The van der Waals surface area contributed by atoms with Crippen LogP contribution in [-0.2, 0) is 9.53 Å². The topological polar surface area (TPSA) is 102 Å². The number of carbonyl (C=O) groups is 2. The summed E-state index contributed by atoms with van der Waals surface area (Å²) in [5.74, 6) is -0.295. The monoisotopic (exact) mass is 331 g/mol. The molecular weight excluding hydrogens is 314 g/mol. The first kappa shape index (κ1) is 15.9. The summed E-state index contributed by atoms with van der Waals surface area (Å²) in [6.07, 6.45) is 3.37. The number of nitrogens with zero attached hydrogens (tertiary/aromatic N) is 5. The van der Waals surface area contributed by atoms with Crippen LogP contribution in [0.5, 0.6) is 0 Å². The predicted octanol–water partition coefficient (Wildman–Crippen LogP) is 0.279. The van der Waals surface area contributed by atoms with Crippen molar-refractivity contribution in [1.29, 1.82) is 0 Å². The summed E-state index contributed by atoms with van der Waals surface area (Å²) in [7, 11) is 0. The highest BCUT2D eigenvalue weighted by Crippen LogP contribution is 2.10. The molecule has 9 heteroatoms. The molecule has 1 saturated heterocycles. The van der Waals surface area contributed by atoms with Crippen LogP contribution in [0, 0.1) is 6.92 Å². The van der Waals surface area contributed by atoms with Gasteiger partial charge in [0.25, 0.3) is 5.91 Å². The highest BCUT2D eigenvalue weighted by atomic mass is 16.6. The maximum absolute atomic E-state index is 12.1. The minimum atomic E-state index is -0.694. The van der Waals surface area contributed by atoms with Crippen molar-refractivity contribution in [2.45, 2.75) is 6.92 Å². The zero-order valence-corrected chi connectivity index (χ0v) is 13.2. The minimum absolute atomic E-state index is 0.00801. The van der Waals surface area contributed by atoms with E-state index in [-0.39, 0.29) is 18.3 Å². The molecule has 0 unspecified atom stereocenters. The quantitative estimate of drug-likeness (QED) is 0.736. The molecule has 2 aromatic rings. The second kappa shape index (κ2) is 7.07. The first-order chi connectivity index (χ1) is 11.6. The van der Waals surface area contributed by atoms with Crippen LogP contribution in [0.3, 0.4) is 0 Å². The van der Waals surface area contributed by atoms with Gasteiger partial charge in [0, 0.05) is 44.6 Å². The maximum Gasteiger partial charge on any atom is 0.377 e. The Kier molecular flexibility index (Phi) is 4.69. The maximum atomic E-state index is 12.1. The van der Waals surface area contributed by atoms with Crippen molar-refractivity contribution in [3.8, 4) is 0 Å². The first-order valence-electron chi connectivity index (χ1n) is 7.53. The molecule has 1 aliphatic heterocycles. The number of carbonyl (C=O) groups excluding carboxylic acids is 2. The van der Waals surface area contributed by atoms with Gasteiger partial charge in [-0.1, -0.05) is 5.16 Å². The Morgan fingerprint density at radius 2 is 1.92 bits per heavy atom. The molecule has 0 radical (unpaired) electrons. The molecule has 2 aromatic heterocycles. The largest absolute Gasteiger partial charge is 0.450 e. The van der Waals surface area contributed by atoms with E-state index in [1.807, 2.05) is 4.90 Å². The number of piperazine rings is 1. The Morgan fingerprint density at radius 1 is 1.21 bits per heavy atom. The number of rotatable bonds is 4. The summed E-state index contributed by atoms with van der Waals surface area (Å²) in [6.45, 7) is 3.68. The number of esters is 1. The van der Waals surface area contributed by atoms with Crippen molar-refractivity contribution in [3.63, 3.8) is 0 Å². The highest BCUT2D eigenvalue weighted by Gasteiger charge is 2.24. The first-order valence-corrected chi connectivity index (χ1v) is 7.53. The fourth-order valence-corrected chi connectivity index (χ4v) is 2.36. The van der Waals surface area contributed by atoms with Gasteiger partial charge >= 0.3 is 5.97 Å². The molecular formula is C15H17N5O4. The molecule has 24 heavy (non-hydrogen) atoms. The van der Waals surface area contributed by atoms with Crippen molar-refractivity contribution in [2.75, 3.05) is 37.7 Å². The summed E-state index contributed by atoms with van der Waals surface area (Å²) in [4.78, 5) is 35.9. The van der Waals surface area contributed by atoms with Gasteiger partial charge in [-0.15, -0.1) is 0 Å². The van der Waals surface area contributed by atoms with E-state index in [1.165, 1.54) is 6.07 Å². The van der Waals surface area contributed by atoms with Crippen molar-refractivity contribution in [3.05, 3.63) is 36.0 Å². The molecule has 0 bridgehead atoms. The third-order valence-electron chi connectivity index (χ3n) is 3.62. The Hall–Kier alpha value is -2.97. The standard InChI is InChI=1S/C15H17N5O4/c1-11-9-12(24-18-11)14(22)23-10-13(21)19-5-7-20(8-6-19)15-16-3-2-4-17-15/h2-4,9H,5-8,10H2,1H3. The third-order valence-corrected chi connectivity index (χ3v) is 3.62. The minimum Gasteiger partial charge on any atom is -0.450 e. The van der Waals surface area contributed by atoms with E-state index < -0.39 is 5.97 Å². The SMILES string of the molecule is Cc1cc(C(=O)OCC(=O)N2CCN(c3ncccn3)CC2)on1. The van der Waals surface area contributed by atoms with Crippen molar-refractivity contribution in [2.24, 2.45) is 0 Å². The molecule has 0 saturated carbocycles. The molecule has 3 rings (SSSR count). The Balaban J connectivity index is 1.46. The van der Waals surface area contributed by atoms with E-state index in [0.717, 1.165) is 0 Å². The van der Waals surface area contributed by atoms with Gasteiger partial charge in [-0.2, -0.15) is 0 Å². The number of hydrogen-bond donors (Lipinski definition) is 0. The number of anilines is 1. The van der Waals surface area contributed by atoms with E-state index in [4.69, 9.17) is 9.26 Å². The molecule has 0 spiro atoms. The number of aryl methyl sites for hydroxylation is 1. The second-order valence-electron chi connectivity index (χ2n) is 5.33.